The molecule has 0 bridgehead atoms. The van der Waals surface area contributed by atoms with Crippen LogP contribution < -0.4 is 15.2 Å². The molecule has 2 rings (SSSR count). The minimum absolute atomic E-state index is 0.0465. The van der Waals surface area contributed by atoms with E-state index >= 15 is 0 Å². The number of rotatable bonds is 5. The van der Waals surface area contributed by atoms with Crippen molar-refractivity contribution < 1.29 is 17.9 Å². The number of carbonyl (C=O) groups excluding carboxylic acids is 1. The van der Waals surface area contributed by atoms with Gasteiger partial charge in [0.25, 0.3) is 0 Å². The zero-order valence-electron chi connectivity index (χ0n) is 11.9. The molecule has 0 atom stereocenters. The van der Waals surface area contributed by atoms with Gasteiger partial charge in [-0.1, -0.05) is 18.2 Å². The Morgan fingerprint density at radius 1 is 1.18 bits per heavy atom. The van der Waals surface area contributed by atoms with Gasteiger partial charge in [0.15, 0.2) is 0 Å². The number of sulfonamides is 1. The Balaban J connectivity index is 2.05. The van der Waals surface area contributed by atoms with Crippen LogP contribution in [0.25, 0.3) is 0 Å². The molecule has 3 N–H and O–H groups in total. The lowest BCUT2D eigenvalue weighted by atomic mass is 10.1. The van der Waals surface area contributed by atoms with Gasteiger partial charge < -0.3 is 10.1 Å². The maximum atomic E-state index is 12.0. The average molecular weight is 320 g/mol. The summed E-state index contributed by atoms with van der Waals surface area (Å²) in [4.78, 5) is 11.9. The molecule has 0 saturated carbocycles. The third-order valence-corrected chi connectivity index (χ3v) is 3.88. The van der Waals surface area contributed by atoms with E-state index in [1.807, 2.05) is 0 Å². The van der Waals surface area contributed by atoms with Gasteiger partial charge in [-0.15, -0.1) is 0 Å². The highest BCUT2D eigenvalue weighted by atomic mass is 32.2. The summed E-state index contributed by atoms with van der Waals surface area (Å²) in [5, 5.41) is 7.70. The third-order valence-electron chi connectivity index (χ3n) is 2.97. The SMILES string of the molecule is COc1ccc(CC(=O)Nc2cccc(S(N)(=O)=O)c2)cc1. The molecule has 0 radical (unpaired) electrons. The smallest absolute Gasteiger partial charge is 0.238 e. The molecule has 2 aromatic carbocycles. The highest BCUT2D eigenvalue weighted by Crippen LogP contribution is 2.15. The van der Waals surface area contributed by atoms with Crippen molar-refractivity contribution in [2.75, 3.05) is 12.4 Å². The lowest BCUT2D eigenvalue weighted by Crippen LogP contribution is -2.16. The van der Waals surface area contributed by atoms with Crippen molar-refractivity contribution >= 4 is 21.6 Å². The van der Waals surface area contributed by atoms with Gasteiger partial charge in [0, 0.05) is 5.69 Å². The summed E-state index contributed by atoms with van der Waals surface area (Å²) in [6, 6.07) is 12.9. The van der Waals surface area contributed by atoms with Crippen LogP contribution in [0, 0.1) is 0 Å². The Hall–Kier alpha value is -2.38. The number of hydrogen-bond acceptors (Lipinski definition) is 4. The molecule has 7 heteroatoms. The second-order valence-electron chi connectivity index (χ2n) is 4.65. The molecule has 1 amide bonds. The van der Waals surface area contributed by atoms with Crippen LogP contribution in [0.3, 0.4) is 0 Å². The largest absolute Gasteiger partial charge is 0.497 e. The van der Waals surface area contributed by atoms with Crippen LogP contribution in [0.4, 0.5) is 5.69 Å². The Bertz CT molecular complexity index is 770. The molecule has 2 aromatic rings. The van der Waals surface area contributed by atoms with E-state index in [9.17, 15) is 13.2 Å². The lowest BCUT2D eigenvalue weighted by Gasteiger charge is -2.07. The van der Waals surface area contributed by atoms with E-state index in [2.05, 4.69) is 5.32 Å². The van der Waals surface area contributed by atoms with Crippen LogP contribution in [0.2, 0.25) is 0 Å². The Morgan fingerprint density at radius 3 is 2.45 bits per heavy atom. The highest BCUT2D eigenvalue weighted by molar-refractivity contribution is 7.89. The van der Waals surface area contributed by atoms with Gasteiger partial charge in [-0.2, -0.15) is 0 Å². The Morgan fingerprint density at radius 2 is 1.86 bits per heavy atom. The Labute approximate surface area is 129 Å². The second-order valence-corrected chi connectivity index (χ2v) is 6.21. The number of nitrogens with one attached hydrogen (secondary N) is 1. The van der Waals surface area contributed by atoms with Gasteiger partial charge in [-0.25, -0.2) is 13.6 Å². The van der Waals surface area contributed by atoms with Crippen LogP contribution >= 0.6 is 0 Å². The van der Waals surface area contributed by atoms with E-state index in [0.29, 0.717) is 11.4 Å². The monoisotopic (exact) mass is 320 g/mol. The first-order valence-electron chi connectivity index (χ1n) is 6.44. The topological polar surface area (TPSA) is 98.5 Å². The van der Waals surface area contributed by atoms with E-state index in [1.54, 1.807) is 37.4 Å². The van der Waals surface area contributed by atoms with Crippen LogP contribution in [0.1, 0.15) is 5.56 Å². The number of primary sulfonamides is 1. The van der Waals surface area contributed by atoms with Crippen molar-refractivity contribution in [1.82, 2.24) is 0 Å². The quantitative estimate of drug-likeness (QED) is 0.872. The van der Waals surface area contributed by atoms with Crippen molar-refractivity contribution in [3.05, 3.63) is 54.1 Å². The minimum Gasteiger partial charge on any atom is -0.497 e. The number of amides is 1. The van der Waals surface area contributed by atoms with Crippen LogP contribution in [0.15, 0.2) is 53.4 Å². The molecule has 0 aliphatic rings. The number of hydrogen-bond donors (Lipinski definition) is 2. The van der Waals surface area contributed by atoms with Gasteiger partial charge in [0.1, 0.15) is 5.75 Å². The summed E-state index contributed by atoms with van der Waals surface area (Å²) >= 11 is 0. The maximum absolute atomic E-state index is 12.0. The van der Waals surface area contributed by atoms with Gasteiger partial charge in [-0.3, -0.25) is 4.79 Å². The Kier molecular flexibility index (Phi) is 4.79. The maximum Gasteiger partial charge on any atom is 0.238 e. The van der Waals surface area contributed by atoms with E-state index in [1.165, 1.54) is 18.2 Å². The van der Waals surface area contributed by atoms with Crippen LogP contribution in [-0.2, 0) is 21.2 Å². The van der Waals surface area contributed by atoms with Crippen molar-refractivity contribution in [3.63, 3.8) is 0 Å². The molecule has 0 spiro atoms. The molecule has 0 saturated heterocycles. The van der Waals surface area contributed by atoms with Crippen LogP contribution in [0.5, 0.6) is 5.75 Å². The van der Waals surface area contributed by atoms with Gasteiger partial charge in [-0.05, 0) is 35.9 Å². The number of anilines is 1. The molecule has 0 fully saturated rings. The van der Waals surface area contributed by atoms with Crippen molar-refractivity contribution in [2.45, 2.75) is 11.3 Å². The first kappa shape index (κ1) is 16.0. The number of carbonyl (C=O) groups is 1. The van der Waals surface area contributed by atoms with Gasteiger partial charge in [0.05, 0.1) is 18.4 Å². The van der Waals surface area contributed by atoms with Gasteiger partial charge in [0.2, 0.25) is 15.9 Å². The number of ether oxygens (including phenoxy) is 1. The average Bonchev–Trinajstić information content (AvgIpc) is 2.47. The summed E-state index contributed by atoms with van der Waals surface area (Å²) in [6.45, 7) is 0. The minimum atomic E-state index is -3.79. The molecule has 22 heavy (non-hydrogen) atoms. The highest BCUT2D eigenvalue weighted by Gasteiger charge is 2.10. The van der Waals surface area contributed by atoms with Crippen molar-refractivity contribution in [2.24, 2.45) is 5.14 Å². The zero-order valence-corrected chi connectivity index (χ0v) is 12.8. The normalized spacial score (nSPS) is 11.0. The fourth-order valence-electron chi connectivity index (χ4n) is 1.88. The fourth-order valence-corrected chi connectivity index (χ4v) is 2.44. The summed E-state index contributed by atoms with van der Waals surface area (Å²) in [7, 11) is -2.22. The molecule has 0 aliphatic heterocycles. The molecule has 6 nitrogen and oxygen atoms in total. The van der Waals surface area contributed by atoms with Crippen LogP contribution in [-0.4, -0.2) is 21.4 Å². The fraction of sp³-hybridized carbons (Fsp3) is 0.133. The second kappa shape index (κ2) is 6.59. The molecular weight excluding hydrogens is 304 g/mol. The number of nitrogens with two attached hydrogens (primary N) is 1. The number of benzene rings is 2. The number of methoxy groups -OCH3 is 1. The van der Waals surface area contributed by atoms with Gasteiger partial charge >= 0.3 is 0 Å². The predicted octanol–water partition coefficient (Wildman–Crippen LogP) is 1.52. The predicted molar refractivity (Wildman–Crippen MR) is 83.1 cm³/mol. The van der Waals surface area contributed by atoms with Crippen molar-refractivity contribution in [1.29, 1.82) is 0 Å². The lowest BCUT2D eigenvalue weighted by molar-refractivity contribution is -0.115. The molecule has 0 aliphatic carbocycles. The van der Waals surface area contributed by atoms with E-state index in [0.717, 1.165) is 5.56 Å². The first-order valence-corrected chi connectivity index (χ1v) is 7.99. The summed E-state index contributed by atoms with van der Waals surface area (Å²) in [6.07, 6.45) is 0.170. The standard InChI is InChI=1S/C15H16N2O4S/c1-21-13-7-5-11(6-8-13)9-15(18)17-12-3-2-4-14(10-12)22(16,19)20/h2-8,10H,9H2,1H3,(H,17,18)(H2,16,19,20). The summed E-state index contributed by atoms with van der Waals surface area (Å²) in [5.74, 6) is 0.460. The first-order chi connectivity index (χ1) is 10.4. The summed E-state index contributed by atoms with van der Waals surface area (Å²) in [5.41, 5.74) is 1.20. The van der Waals surface area contributed by atoms with Crippen molar-refractivity contribution in [3.8, 4) is 5.75 Å². The van der Waals surface area contributed by atoms with E-state index in [4.69, 9.17) is 9.88 Å². The summed E-state index contributed by atoms with van der Waals surface area (Å²) < 4.78 is 27.6. The molecule has 0 heterocycles. The van der Waals surface area contributed by atoms with E-state index in [-0.39, 0.29) is 17.2 Å². The molecule has 0 aromatic heterocycles. The molecule has 0 unspecified atom stereocenters. The molecular formula is C15H16N2O4S. The van der Waals surface area contributed by atoms with E-state index < -0.39 is 10.0 Å². The molecule has 116 valence electrons. The third kappa shape index (κ3) is 4.31. The zero-order chi connectivity index (χ0) is 16.2.